The highest BCUT2D eigenvalue weighted by molar-refractivity contribution is 5.75. The minimum absolute atomic E-state index is 0.00194. The van der Waals surface area contributed by atoms with Crippen molar-refractivity contribution in [2.45, 2.75) is 12.2 Å². The number of hydrogen-bond acceptors (Lipinski definition) is 5. The van der Waals surface area contributed by atoms with E-state index in [1.165, 1.54) is 0 Å². The van der Waals surface area contributed by atoms with Crippen LogP contribution in [0.25, 0.3) is 11.0 Å². The van der Waals surface area contributed by atoms with Crippen LogP contribution >= 0.6 is 0 Å². The first kappa shape index (κ1) is 10.6. The van der Waals surface area contributed by atoms with Crippen LogP contribution in [0.3, 0.4) is 0 Å². The van der Waals surface area contributed by atoms with Gasteiger partial charge in [0.05, 0.1) is 17.0 Å². The molecule has 0 aliphatic heterocycles. The second-order valence-corrected chi connectivity index (χ2v) is 3.35. The molecular weight excluding hydrogens is 212 g/mol. The third kappa shape index (κ3) is 1.75. The Bertz CT molecular complexity index is 489. The number of aliphatic hydroxyl groups excluding tert-OH is 2. The molecule has 0 spiro atoms. The number of fused-ring (bicyclic) bond motifs is 1. The van der Waals surface area contributed by atoms with E-state index in [1.54, 1.807) is 24.3 Å². The highest BCUT2D eigenvalue weighted by Gasteiger charge is 2.22. The zero-order valence-corrected chi connectivity index (χ0v) is 8.12. The van der Waals surface area contributed by atoms with Gasteiger partial charge < -0.3 is 25.1 Å². The fourth-order valence-corrected chi connectivity index (χ4v) is 1.39. The third-order valence-corrected chi connectivity index (χ3v) is 2.23. The number of nitrogens with zero attached hydrogens (tertiary/aromatic N) is 1. The van der Waals surface area contributed by atoms with E-state index in [1.807, 2.05) is 0 Å². The van der Waals surface area contributed by atoms with Gasteiger partial charge in [0.2, 0.25) is 0 Å². The molecule has 0 unspecified atom stereocenters. The van der Waals surface area contributed by atoms with Gasteiger partial charge >= 0.3 is 0 Å². The number of imidazole rings is 1. The lowest BCUT2D eigenvalue weighted by molar-refractivity contribution is -0.318. The minimum Gasteiger partial charge on any atom is -0.547 e. The lowest BCUT2D eigenvalue weighted by Crippen LogP contribution is -2.39. The number of carbonyl (C=O) groups excluding carboxylic acids is 1. The van der Waals surface area contributed by atoms with Crippen LogP contribution in [-0.4, -0.2) is 32.3 Å². The van der Waals surface area contributed by atoms with Gasteiger partial charge in [-0.2, -0.15) is 0 Å². The Morgan fingerprint density at radius 3 is 2.69 bits per heavy atom. The van der Waals surface area contributed by atoms with Crippen LogP contribution < -0.4 is 5.11 Å². The molecular formula is C10H9N2O4-. The van der Waals surface area contributed by atoms with Crippen molar-refractivity contribution in [1.29, 1.82) is 0 Å². The fraction of sp³-hybridized carbons (Fsp3) is 0.200. The molecule has 1 heterocycles. The average Bonchev–Trinajstić information content (AvgIpc) is 2.70. The monoisotopic (exact) mass is 221 g/mol. The van der Waals surface area contributed by atoms with Gasteiger partial charge in [0, 0.05) is 0 Å². The van der Waals surface area contributed by atoms with Crippen molar-refractivity contribution in [1.82, 2.24) is 9.97 Å². The smallest absolute Gasteiger partial charge is 0.143 e. The maximum absolute atomic E-state index is 10.4. The molecule has 2 aromatic rings. The average molecular weight is 221 g/mol. The number of aliphatic hydroxyl groups is 2. The van der Waals surface area contributed by atoms with E-state index in [2.05, 4.69) is 9.97 Å². The topological polar surface area (TPSA) is 109 Å². The summed E-state index contributed by atoms with van der Waals surface area (Å²) in [5.74, 6) is -1.74. The molecule has 2 rings (SSSR count). The number of H-pyrrole nitrogens is 1. The first-order chi connectivity index (χ1) is 7.59. The third-order valence-electron chi connectivity index (χ3n) is 2.23. The number of aromatic amines is 1. The van der Waals surface area contributed by atoms with E-state index in [4.69, 9.17) is 5.11 Å². The number of hydrogen-bond donors (Lipinski definition) is 3. The van der Waals surface area contributed by atoms with Crippen molar-refractivity contribution in [2.24, 2.45) is 0 Å². The van der Waals surface area contributed by atoms with Gasteiger partial charge in [-0.25, -0.2) is 4.98 Å². The number of aliphatic carboxylic acids is 1. The summed E-state index contributed by atoms with van der Waals surface area (Å²) >= 11 is 0. The predicted octanol–water partition coefficient (Wildman–Crippen LogP) is -1.29. The Balaban J connectivity index is 2.36. The van der Waals surface area contributed by atoms with Crippen molar-refractivity contribution in [3.63, 3.8) is 0 Å². The van der Waals surface area contributed by atoms with Gasteiger partial charge in [-0.1, -0.05) is 12.1 Å². The number of nitrogens with one attached hydrogen (secondary N) is 1. The highest BCUT2D eigenvalue weighted by atomic mass is 16.4. The summed E-state index contributed by atoms with van der Waals surface area (Å²) in [4.78, 5) is 17.0. The molecule has 0 amide bonds. The number of rotatable bonds is 3. The number of aromatic nitrogens is 2. The number of benzene rings is 1. The Kier molecular flexibility index (Phi) is 2.59. The van der Waals surface area contributed by atoms with Gasteiger partial charge in [-0.15, -0.1) is 0 Å². The summed E-state index contributed by atoms with van der Waals surface area (Å²) in [6.45, 7) is 0. The number of carboxylic acids is 1. The van der Waals surface area contributed by atoms with Gasteiger partial charge in [0.25, 0.3) is 0 Å². The normalized spacial score (nSPS) is 14.9. The summed E-state index contributed by atoms with van der Waals surface area (Å²) in [6.07, 6.45) is -3.63. The molecule has 0 bridgehead atoms. The fourth-order valence-electron chi connectivity index (χ4n) is 1.39. The van der Waals surface area contributed by atoms with E-state index >= 15 is 0 Å². The first-order valence-corrected chi connectivity index (χ1v) is 4.61. The largest absolute Gasteiger partial charge is 0.547 e. The predicted molar refractivity (Wildman–Crippen MR) is 52.1 cm³/mol. The second kappa shape index (κ2) is 3.92. The molecule has 0 saturated carbocycles. The maximum atomic E-state index is 10.4. The molecule has 0 radical (unpaired) electrons. The van der Waals surface area contributed by atoms with Crippen LogP contribution in [0.2, 0.25) is 0 Å². The standard InChI is InChI=1S/C10H10N2O4/c13-7(8(14)10(15)16)9-11-5-3-1-2-4-6(5)12-9/h1-4,7-8,13-14H,(H,11,12)(H,15,16)/p-1/t7-,8-/m1/s1. The van der Waals surface area contributed by atoms with Crippen LogP contribution in [0.5, 0.6) is 0 Å². The molecule has 3 N–H and O–H groups in total. The van der Waals surface area contributed by atoms with Crippen molar-refractivity contribution in [3.8, 4) is 0 Å². The van der Waals surface area contributed by atoms with Gasteiger partial charge in [-0.05, 0) is 12.1 Å². The molecule has 1 aromatic carbocycles. The minimum atomic E-state index is -2.00. The summed E-state index contributed by atoms with van der Waals surface area (Å²) in [6, 6.07) is 6.96. The van der Waals surface area contributed by atoms with Crippen molar-refractivity contribution < 1.29 is 20.1 Å². The highest BCUT2D eigenvalue weighted by Crippen LogP contribution is 2.17. The van der Waals surface area contributed by atoms with Crippen molar-refractivity contribution in [3.05, 3.63) is 30.1 Å². The van der Waals surface area contributed by atoms with Crippen LogP contribution in [0.4, 0.5) is 0 Å². The Morgan fingerprint density at radius 2 is 2.06 bits per heavy atom. The molecule has 0 aliphatic rings. The number of carbonyl (C=O) groups is 1. The van der Waals surface area contributed by atoms with Crippen LogP contribution in [0, 0.1) is 0 Å². The van der Waals surface area contributed by atoms with E-state index in [9.17, 15) is 15.0 Å². The Morgan fingerprint density at radius 1 is 1.38 bits per heavy atom. The number of para-hydroxylation sites is 2. The molecule has 6 nitrogen and oxygen atoms in total. The Hall–Kier alpha value is -1.92. The summed E-state index contributed by atoms with van der Waals surface area (Å²) in [5.41, 5.74) is 1.24. The van der Waals surface area contributed by atoms with E-state index < -0.39 is 18.2 Å². The molecule has 0 saturated heterocycles. The van der Waals surface area contributed by atoms with E-state index in [0.29, 0.717) is 11.0 Å². The van der Waals surface area contributed by atoms with Gasteiger partial charge in [0.15, 0.2) is 0 Å². The molecule has 1 aromatic heterocycles. The van der Waals surface area contributed by atoms with Gasteiger partial charge in [-0.3, -0.25) is 0 Å². The number of carboxylic acid groups (broad SMARTS) is 1. The second-order valence-electron chi connectivity index (χ2n) is 3.35. The maximum Gasteiger partial charge on any atom is 0.143 e. The first-order valence-electron chi connectivity index (χ1n) is 4.61. The van der Waals surface area contributed by atoms with Crippen LogP contribution in [0.15, 0.2) is 24.3 Å². The molecule has 2 atom stereocenters. The van der Waals surface area contributed by atoms with E-state index in [-0.39, 0.29) is 5.82 Å². The molecule has 16 heavy (non-hydrogen) atoms. The SMILES string of the molecule is O=C([O-])[C@H](O)[C@@H](O)c1nc2ccccc2[nH]1. The summed E-state index contributed by atoms with van der Waals surface area (Å²) in [7, 11) is 0. The summed E-state index contributed by atoms with van der Waals surface area (Å²) in [5, 5.41) is 29.0. The molecule has 0 fully saturated rings. The van der Waals surface area contributed by atoms with Crippen LogP contribution in [-0.2, 0) is 4.79 Å². The zero-order chi connectivity index (χ0) is 11.7. The summed E-state index contributed by atoms with van der Waals surface area (Å²) < 4.78 is 0. The molecule has 6 heteroatoms. The van der Waals surface area contributed by atoms with Gasteiger partial charge in [0.1, 0.15) is 18.0 Å². The molecule has 84 valence electrons. The van der Waals surface area contributed by atoms with Crippen LogP contribution in [0.1, 0.15) is 11.9 Å². The zero-order valence-electron chi connectivity index (χ0n) is 8.12. The van der Waals surface area contributed by atoms with Crippen molar-refractivity contribution in [2.75, 3.05) is 0 Å². The lowest BCUT2D eigenvalue weighted by atomic mass is 10.2. The Labute approximate surface area is 90.2 Å². The quantitative estimate of drug-likeness (QED) is 0.597. The van der Waals surface area contributed by atoms with E-state index in [0.717, 1.165) is 0 Å². The van der Waals surface area contributed by atoms with Crippen molar-refractivity contribution >= 4 is 17.0 Å². The molecule has 0 aliphatic carbocycles. The lowest BCUT2D eigenvalue weighted by Gasteiger charge is -2.15.